The number of anilines is 1. The van der Waals surface area contributed by atoms with Crippen LogP contribution in [0.4, 0.5) is 5.69 Å². The highest BCUT2D eigenvalue weighted by atomic mass is 28.3. The van der Waals surface area contributed by atoms with Crippen LogP contribution in [0.1, 0.15) is 36.0 Å². The minimum atomic E-state index is -1.13. The van der Waals surface area contributed by atoms with Crippen molar-refractivity contribution in [3.63, 3.8) is 0 Å². The molecule has 3 heterocycles. The fraction of sp³-hybridized carbons (Fsp3) is 0.636. The molecule has 1 saturated carbocycles. The average molecular weight is 447 g/mol. The number of ether oxygens (including phenoxy) is 1. The number of hydrogen-bond acceptors (Lipinski definition) is 6. The molecule has 2 aromatic heterocycles. The smallest absolute Gasteiger partial charge is 0.256 e. The molecule has 170 valence electrons. The first-order chi connectivity index (χ1) is 14.9. The van der Waals surface area contributed by atoms with E-state index in [1.165, 1.54) is 0 Å². The number of fused-ring (bicyclic) bond motifs is 3. The van der Waals surface area contributed by atoms with Crippen LogP contribution in [0, 0.1) is 5.92 Å². The number of aliphatic hydroxyl groups is 1. The van der Waals surface area contributed by atoms with E-state index in [1.54, 1.807) is 10.9 Å². The van der Waals surface area contributed by atoms with Crippen LogP contribution in [-0.4, -0.2) is 61.5 Å². The zero-order chi connectivity index (χ0) is 22.0. The molecule has 4 rings (SSSR count). The standard InChI is InChI=1S/C22H34N4O4Si/c1-31(2,3)11-10-29-15-30-26-9-8-18-20-19(12-23-21(18)26)22(28)24-14-25(20)17-6-4-16(13-27)5-7-17/h8-9,12,16-17,27H,4-7,10-11,13-15H2,1-3H3,(H,24,28)/t16-,17-. The molecule has 0 spiro atoms. The Morgan fingerprint density at radius 3 is 2.74 bits per heavy atom. The topological polar surface area (TPSA) is 88.8 Å². The van der Waals surface area contributed by atoms with Crippen LogP contribution in [-0.2, 0) is 4.74 Å². The molecule has 0 bridgehead atoms. The van der Waals surface area contributed by atoms with Crippen LogP contribution < -0.4 is 15.1 Å². The summed E-state index contributed by atoms with van der Waals surface area (Å²) in [5, 5.41) is 13.4. The second-order valence-corrected chi connectivity index (χ2v) is 15.5. The number of carbonyl (C=O) groups excluding carboxylic acids is 1. The maximum Gasteiger partial charge on any atom is 0.256 e. The van der Waals surface area contributed by atoms with Crippen LogP contribution in [0.15, 0.2) is 18.5 Å². The minimum Gasteiger partial charge on any atom is -0.396 e. The van der Waals surface area contributed by atoms with Gasteiger partial charge in [0.2, 0.25) is 6.79 Å². The zero-order valence-electron chi connectivity index (χ0n) is 18.8. The maximum atomic E-state index is 12.5. The molecular formula is C22H34N4O4Si. The summed E-state index contributed by atoms with van der Waals surface area (Å²) in [5.41, 5.74) is 2.23. The van der Waals surface area contributed by atoms with Crippen molar-refractivity contribution in [3.05, 3.63) is 24.0 Å². The third-order valence-electron chi connectivity index (χ3n) is 6.38. The van der Waals surface area contributed by atoms with Crippen molar-refractivity contribution in [1.29, 1.82) is 0 Å². The van der Waals surface area contributed by atoms with E-state index in [-0.39, 0.29) is 19.3 Å². The molecule has 2 aliphatic rings. The van der Waals surface area contributed by atoms with E-state index in [0.717, 1.165) is 42.8 Å². The molecule has 0 unspecified atom stereocenters. The van der Waals surface area contributed by atoms with E-state index in [0.29, 0.717) is 36.4 Å². The van der Waals surface area contributed by atoms with Crippen molar-refractivity contribution in [2.24, 2.45) is 5.92 Å². The molecule has 0 saturated heterocycles. The highest BCUT2D eigenvalue weighted by Crippen LogP contribution is 2.37. The number of hydrogen-bond donors (Lipinski definition) is 2. The second-order valence-electron chi connectivity index (χ2n) is 9.86. The lowest BCUT2D eigenvalue weighted by Crippen LogP contribution is -2.49. The van der Waals surface area contributed by atoms with E-state index >= 15 is 0 Å². The molecule has 9 heteroatoms. The Morgan fingerprint density at radius 2 is 2.03 bits per heavy atom. The van der Waals surface area contributed by atoms with Crippen molar-refractivity contribution in [3.8, 4) is 0 Å². The number of nitrogens with zero attached hydrogens (tertiary/aromatic N) is 3. The Balaban J connectivity index is 1.52. The lowest BCUT2D eigenvalue weighted by molar-refractivity contribution is -0.0520. The van der Waals surface area contributed by atoms with E-state index in [1.807, 2.05) is 12.3 Å². The SMILES string of the molecule is C[Si](C)(C)CCOCOn1ccc2c3c(cnc21)C(=O)NCN3[C@H]1CC[C@H](CO)CC1. The third kappa shape index (κ3) is 4.88. The first kappa shape index (κ1) is 22.1. The van der Waals surface area contributed by atoms with Crippen molar-refractivity contribution in [2.75, 3.05) is 31.6 Å². The van der Waals surface area contributed by atoms with E-state index in [9.17, 15) is 9.90 Å². The number of aliphatic hydroxyl groups excluding tert-OH is 1. The molecule has 1 fully saturated rings. The normalized spacial score (nSPS) is 21.8. The molecule has 0 atom stereocenters. The van der Waals surface area contributed by atoms with Gasteiger partial charge >= 0.3 is 0 Å². The summed E-state index contributed by atoms with van der Waals surface area (Å²) in [5.74, 6) is 0.302. The fourth-order valence-corrected chi connectivity index (χ4v) is 5.20. The Kier molecular flexibility index (Phi) is 6.54. The summed E-state index contributed by atoms with van der Waals surface area (Å²) >= 11 is 0. The highest BCUT2D eigenvalue weighted by Gasteiger charge is 2.33. The Bertz CT molecular complexity index is 918. The first-order valence-corrected chi connectivity index (χ1v) is 14.9. The third-order valence-corrected chi connectivity index (χ3v) is 8.09. The zero-order valence-corrected chi connectivity index (χ0v) is 19.8. The molecule has 1 amide bonds. The molecule has 1 aliphatic heterocycles. The van der Waals surface area contributed by atoms with Crippen molar-refractivity contribution in [2.45, 2.75) is 57.4 Å². The van der Waals surface area contributed by atoms with Gasteiger partial charge < -0.3 is 24.9 Å². The number of pyridine rings is 1. The van der Waals surface area contributed by atoms with E-state index in [2.05, 4.69) is 34.8 Å². The summed E-state index contributed by atoms with van der Waals surface area (Å²) < 4.78 is 7.30. The molecule has 2 aromatic rings. The van der Waals surface area contributed by atoms with Gasteiger partial charge in [-0.25, -0.2) is 4.98 Å². The van der Waals surface area contributed by atoms with Gasteiger partial charge in [0.15, 0.2) is 5.65 Å². The monoisotopic (exact) mass is 446 g/mol. The van der Waals surface area contributed by atoms with Gasteiger partial charge in [-0.15, -0.1) is 0 Å². The molecule has 2 N–H and O–H groups in total. The van der Waals surface area contributed by atoms with Gasteiger partial charge in [0, 0.05) is 45.1 Å². The van der Waals surface area contributed by atoms with Gasteiger partial charge in [-0.1, -0.05) is 19.6 Å². The molecule has 31 heavy (non-hydrogen) atoms. The van der Waals surface area contributed by atoms with Crippen LogP contribution in [0.25, 0.3) is 11.0 Å². The van der Waals surface area contributed by atoms with Crippen LogP contribution in [0.3, 0.4) is 0 Å². The quantitative estimate of drug-likeness (QED) is 0.368. The van der Waals surface area contributed by atoms with Gasteiger partial charge in [0.05, 0.1) is 17.9 Å². The summed E-state index contributed by atoms with van der Waals surface area (Å²) in [6.07, 6.45) is 7.51. The van der Waals surface area contributed by atoms with Crippen LogP contribution >= 0.6 is 0 Å². The minimum absolute atomic E-state index is 0.0898. The van der Waals surface area contributed by atoms with E-state index < -0.39 is 8.07 Å². The second kappa shape index (κ2) is 9.18. The predicted octanol–water partition coefficient (Wildman–Crippen LogP) is 2.84. The predicted molar refractivity (Wildman–Crippen MR) is 123 cm³/mol. The lowest BCUT2D eigenvalue weighted by Gasteiger charge is -2.41. The molecular weight excluding hydrogens is 412 g/mol. The van der Waals surface area contributed by atoms with Crippen molar-refractivity contribution < 1.29 is 19.5 Å². The molecule has 0 aromatic carbocycles. The largest absolute Gasteiger partial charge is 0.396 e. The number of rotatable bonds is 8. The van der Waals surface area contributed by atoms with Crippen molar-refractivity contribution in [1.82, 2.24) is 15.0 Å². The summed E-state index contributed by atoms with van der Waals surface area (Å²) in [7, 11) is -1.13. The van der Waals surface area contributed by atoms with Gasteiger partial charge in [-0.2, -0.15) is 4.73 Å². The van der Waals surface area contributed by atoms with Crippen molar-refractivity contribution >= 4 is 30.7 Å². The number of nitrogens with one attached hydrogen (secondary N) is 1. The highest BCUT2D eigenvalue weighted by molar-refractivity contribution is 6.76. The van der Waals surface area contributed by atoms with Gasteiger partial charge in [-0.05, 0) is 43.7 Å². The Labute approximate surface area is 184 Å². The number of amides is 1. The molecule has 0 radical (unpaired) electrons. The number of carbonyl (C=O) groups is 1. The lowest BCUT2D eigenvalue weighted by atomic mass is 9.85. The summed E-state index contributed by atoms with van der Waals surface area (Å²) in [6.45, 7) is 8.58. The molecule has 1 aliphatic carbocycles. The molecule has 8 nitrogen and oxygen atoms in total. The van der Waals surface area contributed by atoms with E-state index in [4.69, 9.17) is 9.57 Å². The first-order valence-electron chi connectivity index (χ1n) is 11.2. The van der Waals surface area contributed by atoms with Gasteiger partial charge in [0.1, 0.15) is 0 Å². The maximum absolute atomic E-state index is 12.5. The van der Waals surface area contributed by atoms with Crippen LogP contribution in [0.2, 0.25) is 25.7 Å². The summed E-state index contributed by atoms with van der Waals surface area (Å²) in [4.78, 5) is 25.1. The Morgan fingerprint density at radius 1 is 1.26 bits per heavy atom. The fourth-order valence-electron chi connectivity index (χ4n) is 4.44. The average Bonchev–Trinajstić information content (AvgIpc) is 3.16. The van der Waals surface area contributed by atoms with Gasteiger partial charge in [0.25, 0.3) is 5.91 Å². The number of aromatic nitrogens is 2. The Hall–Kier alpha value is -2.10. The van der Waals surface area contributed by atoms with Gasteiger partial charge in [-0.3, -0.25) is 4.79 Å². The summed E-state index contributed by atoms with van der Waals surface area (Å²) in [6, 6.07) is 3.40. The van der Waals surface area contributed by atoms with Crippen LogP contribution in [0.5, 0.6) is 0 Å².